The first-order valence-corrected chi connectivity index (χ1v) is 9.06. The van der Waals surface area contributed by atoms with Gasteiger partial charge >= 0.3 is 0 Å². The molecule has 0 bridgehead atoms. The molecular formula is C22H23ClN2. The van der Waals surface area contributed by atoms with E-state index in [1.54, 1.807) is 0 Å². The molecule has 1 heterocycles. The number of halogens is 1. The standard InChI is InChI=1S/C22H23ClN2/c1-17(9-10-18-6-5-13-24-15-18)25-16-19-11-12-21(22(23)14-19)20-7-3-2-4-8-20/h2-8,11-15,17,25H,9-10,16H2,1H3. The van der Waals surface area contributed by atoms with Gasteiger partial charge in [-0.25, -0.2) is 0 Å². The lowest BCUT2D eigenvalue weighted by molar-refractivity contribution is 0.514. The molecule has 3 aromatic rings. The van der Waals surface area contributed by atoms with E-state index in [0.29, 0.717) is 6.04 Å². The molecule has 0 aliphatic carbocycles. The Morgan fingerprint density at radius 3 is 2.56 bits per heavy atom. The lowest BCUT2D eigenvalue weighted by atomic mass is 10.0. The van der Waals surface area contributed by atoms with E-state index in [2.05, 4.69) is 53.6 Å². The van der Waals surface area contributed by atoms with Crippen LogP contribution in [0.5, 0.6) is 0 Å². The van der Waals surface area contributed by atoms with Gasteiger partial charge in [-0.05, 0) is 48.6 Å². The zero-order valence-corrected chi connectivity index (χ0v) is 15.2. The van der Waals surface area contributed by atoms with Crippen molar-refractivity contribution in [3.05, 3.63) is 89.2 Å². The van der Waals surface area contributed by atoms with Crippen molar-refractivity contribution in [2.45, 2.75) is 32.4 Å². The van der Waals surface area contributed by atoms with Crippen LogP contribution < -0.4 is 5.32 Å². The summed E-state index contributed by atoms with van der Waals surface area (Å²) in [6, 6.07) is 21.1. The van der Waals surface area contributed by atoms with Crippen molar-refractivity contribution >= 4 is 11.6 Å². The molecule has 1 atom stereocenters. The number of hydrogen-bond donors (Lipinski definition) is 1. The van der Waals surface area contributed by atoms with Crippen LogP contribution in [0.4, 0.5) is 0 Å². The monoisotopic (exact) mass is 350 g/mol. The quantitative estimate of drug-likeness (QED) is 0.607. The van der Waals surface area contributed by atoms with Crippen LogP contribution in [0.1, 0.15) is 24.5 Å². The molecular weight excluding hydrogens is 328 g/mol. The van der Waals surface area contributed by atoms with E-state index >= 15 is 0 Å². The number of aromatic nitrogens is 1. The lowest BCUT2D eigenvalue weighted by Gasteiger charge is -2.14. The molecule has 3 rings (SSSR count). The van der Waals surface area contributed by atoms with Crippen molar-refractivity contribution in [3.8, 4) is 11.1 Å². The van der Waals surface area contributed by atoms with Gasteiger partial charge in [-0.2, -0.15) is 0 Å². The third-order valence-corrected chi connectivity index (χ3v) is 4.67. The van der Waals surface area contributed by atoms with E-state index in [1.807, 2.05) is 36.7 Å². The van der Waals surface area contributed by atoms with Gasteiger partial charge in [-0.15, -0.1) is 0 Å². The van der Waals surface area contributed by atoms with Crippen LogP contribution in [0, 0.1) is 0 Å². The highest BCUT2D eigenvalue weighted by molar-refractivity contribution is 6.33. The SMILES string of the molecule is CC(CCc1cccnc1)NCc1ccc(-c2ccccc2)c(Cl)c1. The maximum absolute atomic E-state index is 6.49. The Bertz CT molecular complexity index is 788. The van der Waals surface area contributed by atoms with Crippen LogP contribution in [0.3, 0.4) is 0 Å². The van der Waals surface area contributed by atoms with E-state index in [9.17, 15) is 0 Å². The van der Waals surface area contributed by atoms with Gasteiger partial charge in [0, 0.05) is 35.6 Å². The number of pyridine rings is 1. The van der Waals surface area contributed by atoms with Gasteiger partial charge in [0.1, 0.15) is 0 Å². The van der Waals surface area contributed by atoms with E-state index < -0.39 is 0 Å². The second kappa shape index (κ2) is 8.80. The third-order valence-electron chi connectivity index (χ3n) is 4.36. The van der Waals surface area contributed by atoms with Crippen LogP contribution in [0.2, 0.25) is 5.02 Å². The predicted molar refractivity (Wildman–Crippen MR) is 106 cm³/mol. The minimum absolute atomic E-state index is 0.438. The Morgan fingerprint density at radius 2 is 1.84 bits per heavy atom. The van der Waals surface area contributed by atoms with Gasteiger partial charge in [0.15, 0.2) is 0 Å². The van der Waals surface area contributed by atoms with E-state index in [4.69, 9.17) is 11.6 Å². The summed E-state index contributed by atoms with van der Waals surface area (Å²) in [6.07, 6.45) is 5.88. The smallest absolute Gasteiger partial charge is 0.0487 e. The maximum Gasteiger partial charge on any atom is 0.0487 e. The van der Waals surface area contributed by atoms with Crippen LogP contribution in [-0.2, 0) is 13.0 Å². The number of aryl methyl sites for hydroxylation is 1. The van der Waals surface area contributed by atoms with Crippen LogP contribution in [0.15, 0.2) is 73.1 Å². The Kier molecular flexibility index (Phi) is 6.21. The highest BCUT2D eigenvalue weighted by Gasteiger charge is 2.06. The van der Waals surface area contributed by atoms with Crippen molar-refractivity contribution in [3.63, 3.8) is 0 Å². The molecule has 0 aliphatic rings. The molecule has 0 spiro atoms. The second-order valence-electron chi connectivity index (χ2n) is 6.36. The topological polar surface area (TPSA) is 24.9 Å². The van der Waals surface area contributed by atoms with Crippen molar-refractivity contribution in [1.29, 1.82) is 0 Å². The second-order valence-corrected chi connectivity index (χ2v) is 6.77. The molecule has 128 valence electrons. The number of nitrogens with zero attached hydrogens (tertiary/aromatic N) is 1. The van der Waals surface area contributed by atoms with Crippen molar-refractivity contribution in [2.24, 2.45) is 0 Å². The van der Waals surface area contributed by atoms with Crippen molar-refractivity contribution in [2.75, 3.05) is 0 Å². The number of nitrogens with one attached hydrogen (secondary N) is 1. The van der Waals surface area contributed by atoms with Crippen LogP contribution in [0.25, 0.3) is 11.1 Å². The molecule has 0 aliphatic heterocycles. The van der Waals surface area contributed by atoms with E-state index in [1.165, 1.54) is 11.1 Å². The minimum atomic E-state index is 0.438. The molecule has 0 fully saturated rings. The Hall–Kier alpha value is -2.16. The molecule has 0 saturated heterocycles. The lowest BCUT2D eigenvalue weighted by Crippen LogP contribution is -2.26. The Labute approximate surface area is 154 Å². The van der Waals surface area contributed by atoms with Gasteiger partial charge in [0.25, 0.3) is 0 Å². The fourth-order valence-corrected chi connectivity index (χ4v) is 3.16. The summed E-state index contributed by atoms with van der Waals surface area (Å²) in [5, 5.41) is 4.38. The summed E-state index contributed by atoms with van der Waals surface area (Å²) in [7, 11) is 0. The summed E-state index contributed by atoms with van der Waals surface area (Å²) in [5.41, 5.74) is 4.72. The molecule has 25 heavy (non-hydrogen) atoms. The molecule has 0 amide bonds. The first-order valence-electron chi connectivity index (χ1n) is 8.68. The van der Waals surface area contributed by atoms with Crippen molar-refractivity contribution in [1.82, 2.24) is 10.3 Å². The normalized spacial score (nSPS) is 12.1. The maximum atomic E-state index is 6.49. The fourth-order valence-electron chi connectivity index (χ4n) is 2.84. The largest absolute Gasteiger partial charge is 0.310 e. The molecule has 2 nitrogen and oxygen atoms in total. The van der Waals surface area contributed by atoms with Gasteiger partial charge in [-0.3, -0.25) is 4.98 Å². The van der Waals surface area contributed by atoms with Crippen molar-refractivity contribution < 1.29 is 0 Å². The summed E-state index contributed by atoms with van der Waals surface area (Å²) < 4.78 is 0. The summed E-state index contributed by atoms with van der Waals surface area (Å²) in [5.74, 6) is 0. The number of benzene rings is 2. The molecule has 2 aromatic carbocycles. The zero-order valence-electron chi connectivity index (χ0n) is 14.5. The summed E-state index contributed by atoms with van der Waals surface area (Å²) in [4.78, 5) is 4.16. The van der Waals surface area contributed by atoms with Crippen LogP contribution >= 0.6 is 11.6 Å². The average molecular weight is 351 g/mol. The van der Waals surface area contributed by atoms with Gasteiger partial charge in [0.2, 0.25) is 0 Å². The summed E-state index contributed by atoms with van der Waals surface area (Å²) >= 11 is 6.49. The van der Waals surface area contributed by atoms with Gasteiger partial charge in [0.05, 0.1) is 0 Å². The Morgan fingerprint density at radius 1 is 1.00 bits per heavy atom. The first-order chi connectivity index (χ1) is 12.2. The molecule has 3 heteroatoms. The summed E-state index contributed by atoms with van der Waals surface area (Å²) in [6.45, 7) is 3.04. The molecule has 1 unspecified atom stereocenters. The van der Waals surface area contributed by atoms with E-state index in [0.717, 1.165) is 35.5 Å². The minimum Gasteiger partial charge on any atom is -0.310 e. The number of hydrogen-bond acceptors (Lipinski definition) is 2. The fraction of sp³-hybridized carbons (Fsp3) is 0.227. The predicted octanol–water partition coefficient (Wildman–Crippen LogP) is 5.51. The number of rotatable bonds is 7. The third kappa shape index (κ3) is 5.15. The van der Waals surface area contributed by atoms with Gasteiger partial charge in [-0.1, -0.05) is 60.1 Å². The van der Waals surface area contributed by atoms with Crippen LogP contribution in [-0.4, -0.2) is 11.0 Å². The molecule has 1 N–H and O–H groups in total. The highest BCUT2D eigenvalue weighted by Crippen LogP contribution is 2.28. The Balaban J connectivity index is 1.54. The average Bonchev–Trinajstić information content (AvgIpc) is 2.66. The molecule has 0 saturated carbocycles. The highest BCUT2D eigenvalue weighted by atomic mass is 35.5. The van der Waals surface area contributed by atoms with Gasteiger partial charge < -0.3 is 5.32 Å². The first kappa shape index (κ1) is 17.7. The zero-order chi connectivity index (χ0) is 17.5. The van der Waals surface area contributed by atoms with E-state index in [-0.39, 0.29) is 0 Å². The molecule has 0 radical (unpaired) electrons. The molecule has 1 aromatic heterocycles.